The van der Waals surface area contributed by atoms with E-state index in [1.54, 1.807) is 24.1 Å². The number of nitrogens with zero attached hydrogens (tertiary/aromatic N) is 8. The summed E-state index contributed by atoms with van der Waals surface area (Å²) in [6.07, 6.45) is 5.04. The van der Waals surface area contributed by atoms with Crippen LogP contribution in [0.3, 0.4) is 0 Å². The van der Waals surface area contributed by atoms with Gasteiger partial charge in [-0.25, -0.2) is 14.6 Å². The van der Waals surface area contributed by atoms with Crippen LogP contribution in [0.4, 0.5) is 5.82 Å². The quantitative estimate of drug-likeness (QED) is 0.498. The van der Waals surface area contributed by atoms with Crippen molar-refractivity contribution in [2.24, 2.45) is 18.9 Å². The van der Waals surface area contributed by atoms with Crippen LogP contribution in [0.15, 0.2) is 40.2 Å². The zero-order valence-corrected chi connectivity index (χ0v) is 16.6. The highest BCUT2D eigenvalue weighted by molar-refractivity contribution is 5.72. The van der Waals surface area contributed by atoms with Crippen molar-refractivity contribution in [1.29, 1.82) is 0 Å². The van der Waals surface area contributed by atoms with Crippen molar-refractivity contribution in [2.45, 2.75) is 19.4 Å². The van der Waals surface area contributed by atoms with E-state index in [4.69, 9.17) is 4.52 Å². The predicted octanol–water partition coefficient (Wildman–Crippen LogP) is 1.11. The number of hydrogen-bond acceptors (Lipinski definition) is 8. The van der Waals surface area contributed by atoms with Gasteiger partial charge < -0.3 is 14.0 Å². The van der Waals surface area contributed by atoms with Crippen LogP contribution >= 0.6 is 0 Å². The monoisotopic (exact) mass is 404 g/mol. The Hall–Kier alpha value is -3.56. The fourth-order valence-electron chi connectivity index (χ4n) is 4.60. The Kier molecular flexibility index (Phi) is 3.59. The van der Waals surface area contributed by atoms with Crippen molar-refractivity contribution in [2.75, 3.05) is 18.0 Å². The van der Waals surface area contributed by atoms with Crippen molar-refractivity contribution >= 4 is 16.9 Å². The summed E-state index contributed by atoms with van der Waals surface area (Å²) in [4.78, 5) is 28.2. The Balaban J connectivity index is 1.17. The van der Waals surface area contributed by atoms with E-state index in [9.17, 15) is 4.79 Å². The predicted molar refractivity (Wildman–Crippen MR) is 107 cm³/mol. The van der Waals surface area contributed by atoms with Gasteiger partial charge in [-0.2, -0.15) is 10.1 Å². The van der Waals surface area contributed by atoms with Crippen LogP contribution in [-0.2, 0) is 13.6 Å². The van der Waals surface area contributed by atoms with Gasteiger partial charge in [0.1, 0.15) is 23.4 Å². The molecule has 0 spiro atoms. The molecule has 5 heterocycles. The number of anilines is 1. The summed E-state index contributed by atoms with van der Waals surface area (Å²) in [6.45, 7) is 4.13. The smallest absolute Gasteiger partial charge is 0.293 e. The van der Waals surface area contributed by atoms with E-state index in [0.29, 0.717) is 34.7 Å². The fourth-order valence-corrected chi connectivity index (χ4v) is 4.60. The minimum atomic E-state index is -0.225. The number of rotatable bonds is 4. The second-order valence-electron chi connectivity index (χ2n) is 8.19. The van der Waals surface area contributed by atoms with E-state index in [-0.39, 0.29) is 12.1 Å². The third kappa shape index (κ3) is 2.63. The third-order valence-corrected chi connectivity index (χ3v) is 6.21. The molecular formula is C20H20N8O2. The Morgan fingerprint density at radius 1 is 1.23 bits per heavy atom. The van der Waals surface area contributed by atoms with Crippen LogP contribution in [0.2, 0.25) is 0 Å². The van der Waals surface area contributed by atoms with Gasteiger partial charge in [-0.05, 0) is 36.5 Å². The van der Waals surface area contributed by atoms with Crippen LogP contribution in [-0.4, -0.2) is 47.5 Å². The lowest BCUT2D eigenvalue weighted by Crippen LogP contribution is -2.25. The van der Waals surface area contributed by atoms with Crippen molar-refractivity contribution in [1.82, 2.24) is 34.5 Å². The number of aromatic nitrogens is 7. The zero-order chi connectivity index (χ0) is 20.4. The van der Waals surface area contributed by atoms with Crippen LogP contribution in [0.5, 0.6) is 0 Å². The molecule has 0 N–H and O–H groups in total. The van der Waals surface area contributed by atoms with Gasteiger partial charge >= 0.3 is 0 Å². The summed E-state index contributed by atoms with van der Waals surface area (Å²) >= 11 is 0. The average Bonchev–Trinajstić information content (AvgIpc) is 3.16. The largest absolute Gasteiger partial charge is 0.356 e. The number of piperidine rings is 1. The maximum absolute atomic E-state index is 12.7. The molecule has 1 aliphatic carbocycles. The molecule has 1 aliphatic heterocycles. The SMILES string of the molecule is Cc1ccnc(N2CC3C(C2)C3c2noc(Cn3ncc4ncn(C)c4c3=O)n2)c1. The Morgan fingerprint density at radius 2 is 2.07 bits per heavy atom. The number of pyridine rings is 1. The van der Waals surface area contributed by atoms with Crippen molar-refractivity contribution in [3.63, 3.8) is 0 Å². The Morgan fingerprint density at radius 3 is 2.87 bits per heavy atom. The fraction of sp³-hybridized carbons (Fsp3) is 0.400. The molecule has 0 aromatic carbocycles. The average molecular weight is 404 g/mol. The lowest BCUT2D eigenvalue weighted by Gasteiger charge is -2.20. The molecule has 2 aliphatic rings. The first-order chi connectivity index (χ1) is 14.6. The van der Waals surface area contributed by atoms with E-state index in [1.165, 1.54) is 10.2 Å². The number of imidazole rings is 1. The zero-order valence-electron chi connectivity index (χ0n) is 16.6. The molecule has 2 unspecified atom stereocenters. The minimum absolute atomic E-state index is 0.147. The van der Waals surface area contributed by atoms with Gasteiger partial charge in [-0.1, -0.05) is 5.16 Å². The Bertz CT molecular complexity index is 1310. The molecular weight excluding hydrogens is 384 g/mol. The first kappa shape index (κ1) is 17.3. The van der Waals surface area contributed by atoms with Crippen LogP contribution in [0, 0.1) is 18.8 Å². The molecule has 4 aromatic heterocycles. The second kappa shape index (κ2) is 6.22. The minimum Gasteiger partial charge on any atom is -0.356 e. The highest BCUT2D eigenvalue weighted by Gasteiger charge is 2.58. The lowest BCUT2D eigenvalue weighted by atomic mass is 10.2. The van der Waals surface area contributed by atoms with Crippen molar-refractivity contribution < 1.29 is 4.52 Å². The summed E-state index contributed by atoms with van der Waals surface area (Å²) in [5.41, 5.74) is 2.07. The summed E-state index contributed by atoms with van der Waals surface area (Å²) in [6, 6.07) is 4.13. The van der Waals surface area contributed by atoms with E-state index in [2.05, 4.69) is 43.1 Å². The first-order valence-electron chi connectivity index (χ1n) is 9.96. The molecule has 0 bridgehead atoms. The number of fused-ring (bicyclic) bond motifs is 2. The van der Waals surface area contributed by atoms with Gasteiger partial charge in [0.15, 0.2) is 5.82 Å². The molecule has 0 amide bonds. The first-order valence-corrected chi connectivity index (χ1v) is 9.96. The summed E-state index contributed by atoms with van der Waals surface area (Å²) in [5.74, 6) is 3.50. The maximum Gasteiger partial charge on any atom is 0.293 e. The van der Waals surface area contributed by atoms with Crippen molar-refractivity contribution in [3.05, 3.63) is 58.5 Å². The van der Waals surface area contributed by atoms with Crippen LogP contribution < -0.4 is 10.5 Å². The molecule has 1 saturated heterocycles. The molecule has 6 rings (SSSR count). The van der Waals surface area contributed by atoms with E-state index >= 15 is 0 Å². The van der Waals surface area contributed by atoms with Gasteiger partial charge in [0.25, 0.3) is 5.56 Å². The number of aryl methyl sites for hydroxylation is 2. The molecule has 10 heteroatoms. The molecule has 10 nitrogen and oxygen atoms in total. The van der Waals surface area contributed by atoms with E-state index in [1.807, 2.05) is 12.3 Å². The Labute approximate surface area is 171 Å². The maximum atomic E-state index is 12.7. The van der Waals surface area contributed by atoms with Crippen LogP contribution in [0.25, 0.3) is 11.0 Å². The normalized spacial score (nSPS) is 22.6. The van der Waals surface area contributed by atoms with E-state index < -0.39 is 0 Å². The molecule has 4 aromatic rings. The van der Waals surface area contributed by atoms with Gasteiger partial charge in [0.2, 0.25) is 5.89 Å². The van der Waals surface area contributed by atoms with Crippen LogP contribution in [0.1, 0.15) is 23.2 Å². The highest BCUT2D eigenvalue weighted by Crippen LogP contribution is 2.57. The summed E-state index contributed by atoms with van der Waals surface area (Å²) in [7, 11) is 1.79. The molecule has 1 saturated carbocycles. The third-order valence-electron chi connectivity index (χ3n) is 6.21. The molecule has 30 heavy (non-hydrogen) atoms. The molecule has 152 valence electrons. The lowest BCUT2D eigenvalue weighted by molar-refractivity contribution is 0.358. The summed E-state index contributed by atoms with van der Waals surface area (Å²) < 4.78 is 8.46. The van der Waals surface area contributed by atoms with Gasteiger partial charge in [0, 0.05) is 32.3 Å². The standard InChI is InChI=1S/C20H20N8O2/c1-11-3-4-21-15(5-11)27-7-12-13(8-27)17(12)19-24-16(30-25-19)9-28-20(29)18-14(6-23-28)22-10-26(18)2/h3-6,10,12-13,17H,7-9H2,1-2H3. The summed E-state index contributed by atoms with van der Waals surface area (Å²) in [5, 5.41) is 8.37. The van der Waals surface area contributed by atoms with Gasteiger partial charge in [-0.3, -0.25) is 4.79 Å². The number of hydrogen-bond donors (Lipinski definition) is 0. The molecule has 0 radical (unpaired) electrons. The van der Waals surface area contributed by atoms with Gasteiger partial charge in [0.05, 0.1) is 12.5 Å². The van der Waals surface area contributed by atoms with E-state index in [0.717, 1.165) is 24.7 Å². The topological polar surface area (TPSA) is 108 Å². The molecule has 2 fully saturated rings. The highest BCUT2D eigenvalue weighted by atomic mass is 16.5. The van der Waals surface area contributed by atoms with Gasteiger partial charge in [-0.15, -0.1) is 0 Å². The second-order valence-corrected chi connectivity index (χ2v) is 8.19. The molecule has 2 atom stereocenters. The van der Waals surface area contributed by atoms with Crippen molar-refractivity contribution in [3.8, 4) is 0 Å².